The van der Waals surface area contributed by atoms with Gasteiger partial charge in [0, 0.05) is 24.6 Å². The van der Waals surface area contributed by atoms with Crippen LogP contribution in [0.5, 0.6) is 0 Å². The van der Waals surface area contributed by atoms with Crippen LogP contribution in [-0.4, -0.2) is 49.7 Å². The molecular weight excluding hydrogens is 372 g/mol. The van der Waals surface area contributed by atoms with Crippen molar-refractivity contribution in [1.29, 1.82) is 0 Å². The lowest BCUT2D eigenvalue weighted by atomic mass is 10.1. The average Bonchev–Trinajstić information content (AvgIpc) is 3.36. The summed E-state index contributed by atoms with van der Waals surface area (Å²) >= 11 is 0. The van der Waals surface area contributed by atoms with E-state index < -0.39 is 33.5 Å². The second kappa shape index (κ2) is 8.37. The number of benzene rings is 1. The molecule has 0 saturated heterocycles. The van der Waals surface area contributed by atoms with Crippen LogP contribution in [0.15, 0.2) is 29.2 Å². The maximum absolute atomic E-state index is 12.3. The number of carbonyl (C=O) groups excluding carboxylic acids is 1. The van der Waals surface area contributed by atoms with Crippen LogP contribution in [0, 0.1) is 0 Å². The molecule has 1 saturated carbocycles. The Morgan fingerprint density at radius 3 is 2.30 bits per heavy atom. The van der Waals surface area contributed by atoms with Crippen LogP contribution in [-0.2, 0) is 19.6 Å². The third-order valence-corrected chi connectivity index (χ3v) is 5.41. The van der Waals surface area contributed by atoms with Crippen LogP contribution in [0.3, 0.4) is 0 Å². The highest BCUT2D eigenvalue weighted by Crippen LogP contribution is 2.22. The molecule has 1 aromatic carbocycles. The van der Waals surface area contributed by atoms with E-state index in [1.807, 2.05) is 20.8 Å². The van der Waals surface area contributed by atoms with Gasteiger partial charge in [-0.2, -0.15) is 0 Å². The minimum Gasteiger partial charge on any atom is -0.480 e. The van der Waals surface area contributed by atoms with Gasteiger partial charge in [-0.15, -0.1) is 0 Å². The third kappa shape index (κ3) is 6.93. The van der Waals surface area contributed by atoms with Crippen molar-refractivity contribution in [2.75, 3.05) is 6.61 Å². The highest BCUT2D eigenvalue weighted by atomic mass is 32.2. The van der Waals surface area contributed by atoms with Gasteiger partial charge in [-0.05, 0) is 57.9 Å². The van der Waals surface area contributed by atoms with E-state index in [9.17, 15) is 23.1 Å². The average molecular weight is 398 g/mol. The quantitative estimate of drug-likeness (QED) is 0.580. The zero-order valence-corrected chi connectivity index (χ0v) is 16.5. The van der Waals surface area contributed by atoms with Crippen LogP contribution < -0.4 is 10.0 Å². The molecule has 150 valence electrons. The molecule has 0 heterocycles. The van der Waals surface area contributed by atoms with E-state index in [1.165, 1.54) is 24.3 Å². The van der Waals surface area contributed by atoms with Crippen molar-refractivity contribution in [1.82, 2.24) is 10.0 Å². The standard InChI is InChI=1S/C18H26N2O6S/c1-18(2,3)26-11-10-15(17(22)23)19-16(21)12-4-8-14(9-5-12)27(24,25)20-13-6-7-13/h4-5,8-9,13,15,20H,6-7,10-11H2,1-3H3,(H,19,21)(H,22,23). The molecule has 0 radical (unpaired) electrons. The first-order valence-corrected chi connectivity index (χ1v) is 10.3. The van der Waals surface area contributed by atoms with Crippen molar-refractivity contribution in [3.63, 3.8) is 0 Å². The molecule has 0 bridgehead atoms. The molecule has 2 rings (SSSR count). The van der Waals surface area contributed by atoms with E-state index in [0.29, 0.717) is 0 Å². The van der Waals surface area contributed by atoms with E-state index in [4.69, 9.17) is 4.74 Å². The summed E-state index contributed by atoms with van der Waals surface area (Å²) in [5.41, 5.74) is -0.216. The maximum Gasteiger partial charge on any atom is 0.326 e. The van der Waals surface area contributed by atoms with Crippen LogP contribution in [0.25, 0.3) is 0 Å². The number of carbonyl (C=O) groups is 2. The third-order valence-electron chi connectivity index (χ3n) is 3.87. The van der Waals surface area contributed by atoms with E-state index in [2.05, 4.69) is 10.0 Å². The molecule has 27 heavy (non-hydrogen) atoms. The van der Waals surface area contributed by atoms with Crippen molar-refractivity contribution < 1.29 is 27.9 Å². The summed E-state index contributed by atoms with van der Waals surface area (Å²) in [6.07, 6.45) is 1.78. The van der Waals surface area contributed by atoms with Gasteiger partial charge in [0.1, 0.15) is 6.04 Å². The fourth-order valence-corrected chi connectivity index (χ4v) is 3.56. The van der Waals surface area contributed by atoms with E-state index in [-0.39, 0.29) is 29.5 Å². The maximum atomic E-state index is 12.3. The lowest BCUT2D eigenvalue weighted by Crippen LogP contribution is -2.42. The predicted octanol–water partition coefficient (Wildman–Crippen LogP) is 1.52. The highest BCUT2D eigenvalue weighted by Gasteiger charge is 2.28. The first kappa shape index (κ1) is 21.3. The number of sulfonamides is 1. The summed E-state index contributed by atoms with van der Waals surface area (Å²) in [5.74, 6) is -1.74. The molecule has 0 spiro atoms. The molecule has 0 aliphatic heterocycles. The molecule has 1 amide bonds. The molecule has 1 atom stereocenters. The summed E-state index contributed by atoms with van der Waals surface area (Å²) in [5, 5.41) is 11.7. The molecule has 9 heteroatoms. The van der Waals surface area contributed by atoms with E-state index >= 15 is 0 Å². The first-order valence-electron chi connectivity index (χ1n) is 8.78. The zero-order chi connectivity index (χ0) is 20.2. The van der Waals surface area contributed by atoms with Gasteiger partial charge in [-0.3, -0.25) is 4.79 Å². The number of carboxylic acid groups (broad SMARTS) is 1. The Hall–Kier alpha value is -1.97. The van der Waals surface area contributed by atoms with Gasteiger partial charge in [0.25, 0.3) is 5.91 Å². The molecule has 1 unspecified atom stereocenters. The highest BCUT2D eigenvalue weighted by molar-refractivity contribution is 7.89. The smallest absolute Gasteiger partial charge is 0.326 e. The number of carboxylic acids is 1. The molecule has 1 aliphatic carbocycles. The number of amides is 1. The Kier molecular flexibility index (Phi) is 6.61. The van der Waals surface area contributed by atoms with Gasteiger partial charge in [-0.25, -0.2) is 17.9 Å². The largest absolute Gasteiger partial charge is 0.480 e. The van der Waals surface area contributed by atoms with Gasteiger partial charge in [0.05, 0.1) is 10.5 Å². The Bertz CT molecular complexity index is 779. The van der Waals surface area contributed by atoms with Crippen molar-refractivity contribution >= 4 is 21.9 Å². The topological polar surface area (TPSA) is 122 Å². The predicted molar refractivity (Wildman–Crippen MR) is 99.0 cm³/mol. The molecule has 8 nitrogen and oxygen atoms in total. The van der Waals surface area contributed by atoms with Crippen LogP contribution >= 0.6 is 0 Å². The van der Waals surface area contributed by atoms with Gasteiger partial charge in [0.2, 0.25) is 10.0 Å². The minimum atomic E-state index is -3.59. The lowest BCUT2D eigenvalue weighted by Gasteiger charge is -2.21. The van der Waals surface area contributed by atoms with Crippen LogP contribution in [0.1, 0.15) is 50.4 Å². The van der Waals surface area contributed by atoms with Gasteiger partial charge < -0.3 is 15.2 Å². The van der Waals surface area contributed by atoms with Gasteiger partial charge in [-0.1, -0.05) is 0 Å². The second-order valence-electron chi connectivity index (χ2n) is 7.53. The number of aliphatic carboxylic acids is 1. The van der Waals surface area contributed by atoms with Crippen molar-refractivity contribution in [2.45, 2.75) is 62.6 Å². The minimum absolute atomic E-state index is 0.00961. The fourth-order valence-electron chi connectivity index (χ4n) is 2.26. The van der Waals surface area contributed by atoms with E-state index in [0.717, 1.165) is 12.8 Å². The summed E-state index contributed by atoms with van der Waals surface area (Å²) in [7, 11) is -3.59. The summed E-state index contributed by atoms with van der Waals surface area (Å²) in [4.78, 5) is 23.7. The van der Waals surface area contributed by atoms with E-state index in [1.54, 1.807) is 0 Å². The van der Waals surface area contributed by atoms with Crippen molar-refractivity contribution in [3.8, 4) is 0 Å². The van der Waals surface area contributed by atoms with Crippen molar-refractivity contribution in [2.24, 2.45) is 0 Å². The van der Waals surface area contributed by atoms with Crippen LogP contribution in [0.2, 0.25) is 0 Å². The number of hydrogen-bond donors (Lipinski definition) is 3. The summed E-state index contributed by atoms with van der Waals surface area (Å²) < 4.78 is 32.3. The lowest BCUT2D eigenvalue weighted by molar-refractivity contribution is -0.140. The first-order chi connectivity index (χ1) is 12.5. The molecule has 1 aromatic rings. The SMILES string of the molecule is CC(C)(C)OCCC(NC(=O)c1ccc(S(=O)(=O)NC2CC2)cc1)C(=O)O. The van der Waals surface area contributed by atoms with Crippen molar-refractivity contribution in [3.05, 3.63) is 29.8 Å². The number of ether oxygens (including phenoxy) is 1. The van der Waals surface area contributed by atoms with Gasteiger partial charge >= 0.3 is 5.97 Å². The zero-order valence-electron chi connectivity index (χ0n) is 15.7. The number of nitrogens with one attached hydrogen (secondary N) is 2. The molecule has 1 fully saturated rings. The molecule has 1 aliphatic rings. The Labute approximate surface area is 159 Å². The Balaban J connectivity index is 1.97. The number of rotatable bonds is 9. The second-order valence-corrected chi connectivity index (χ2v) is 9.25. The Morgan fingerprint density at radius 1 is 1.22 bits per heavy atom. The summed E-state index contributed by atoms with van der Waals surface area (Å²) in [6.45, 7) is 5.75. The Morgan fingerprint density at radius 2 is 1.81 bits per heavy atom. The number of hydrogen-bond acceptors (Lipinski definition) is 5. The normalized spacial score (nSPS) is 16.0. The molecule has 3 N–H and O–H groups in total. The monoisotopic (exact) mass is 398 g/mol. The summed E-state index contributed by atoms with van der Waals surface area (Å²) in [6, 6.07) is 4.28. The van der Waals surface area contributed by atoms with Crippen LogP contribution in [0.4, 0.5) is 0 Å². The van der Waals surface area contributed by atoms with Gasteiger partial charge in [0.15, 0.2) is 0 Å². The molecular formula is C18H26N2O6S. The fraction of sp³-hybridized carbons (Fsp3) is 0.556. The molecule has 0 aromatic heterocycles.